The van der Waals surface area contributed by atoms with E-state index in [4.69, 9.17) is 14.2 Å². The molecule has 0 bridgehead atoms. The Morgan fingerprint density at radius 3 is 2.15 bits per heavy atom. The quantitative estimate of drug-likeness (QED) is 0.265. The molecule has 0 unspecified atom stereocenters. The van der Waals surface area contributed by atoms with Crippen LogP contribution in [0.25, 0.3) is 0 Å². The molecule has 14 atom stereocenters. The first-order chi connectivity index (χ1) is 21.5. The number of hydrogen-bond acceptors (Lipinski definition) is 12. The number of rotatable bonds is 5. The third-order valence-electron chi connectivity index (χ3n) is 10.2. The number of carbonyl (C=O) groups excluding carboxylic acids is 3. The highest BCUT2D eigenvalue weighted by Gasteiger charge is 2.51. The monoisotopic (exact) mass is 674 g/mol. The van der Waals surface area contributed by atoms with Gasteiger partial charge in [0.2, 0.25) is 11.8 Å². The largest absolute Gasteiger partial charge is 0.459 e. The summed E-state index contributed by atoms with van der Waals surface area (Å²) in [6.07, 6.45) is -7.91. The minimum atomic E-state index is -1.80. The number of imide groups is 1. The Kier molecular flexibility index (Phi) is 14.4. The zero-order chi connectivity index (χ0) is 36.3. The highest BCUT2D eigenvalue weighted by Crippen LogP contribution is 2.37. The molecule has 2 amide bonds. The van der Waals surface area contributed by atoms with Crippen molar-refractivity contribution in [1.82, 2.24) is 9.80 Å². The Balaban J connectivity index is 2.58. The summed E-state index contributed by atoms with van der Waals surface area (Å²) in [6, 6.07) is -1.53. The molecule has 0 aliphatic carbocycles. The zero-order valence-corrected chi connectivity index (χ0v) is 30.4. The summed E-state index contributed by atoms with van der Waals surface area (Å²) >= 11 is 0. The molecule has 2 saturated heterocycles. The van der Waals surface area contributed by atoms with E-state index in [2.05, 4.69) is 0 Å². The Hall–Kier alpha value is -1.71. The standard InChI is InChI=1S/C34H62N2O11/c1-13-25-34(11,44)28(40)22(8)35(12)16-18(4)15-33(10,43)29(20(6)26(38)21(7)31(42)46-25)47-32-27(39)24(14-19(5)45-32)36(23(9)37)30(41)17(2)3/h17-22,24-29,32,38-40,43-44H,13-16H2,1-12H3/t18-,19-,20+,21-,22-,24+,25-,26+,27-,28-,29-,32+,33-,34-/m1/s1. The van der Waals surface area contributed by atoms with E-state index in [-0.39, 0.29) is 25.2 Å². The summed E-state index contributed by atoms with van der Waals surface area (Å²) in [6.45, 7) is 18.2. The lowest BCUT2D eigenvalue weighted by Gasteiger charge is -2.47. The van der Waals surface area contributed by atoms with Crippen LogP contribution in [0.3, 0.4) is 0 Å². The van der Waals surface area contributed by atoms with Crippen LogP contribution in [0.15, 0.2) is 0 Å². The first kappa shape index (κ1) is 41.5. The zero-order valence-electron chi connectivity index (χ0n) is 30.4. The fourth-order valence-corrected chi connectivity index (χ4v) is 7.31. The topological polar surface area (TPSA) is 187 Å². The van der Waals surface area contributed by atoms with Crippen LogP contribution in [0.5, 0.6) is 0 Å². The van der Waals surface area contributed by atoms with Crippen LogP contribution in [0, 0.1) is 23.7 Å². The molecule has 5 N–H and O–H groups in total. The summed E-state index contributed by atoms with van der Waals surface area (Å²) in [7, 11) is 1.79. The van der Waals surface area contributed by atoms with Crippen LogP contribution in [0.1, 0.15) is 95.4 Å². The molecule has 13 heteroatoms. The Labute approximate surface area is 280 Å². The highest BCUT2D eigenvalue weighted by molar-refractivity contribution is 5.95. The number of esters is 1. The first-order valence-electron chi connectivity index (χ1n) is 17.0. The maximum Gasteiger partial charge on any atom is 0.311 e. The van der Waals surface area contributed by atoms with Crippen molar-refractivity contribution in [1.29, 1.82) is 0 Å². The third-order valence-corrected chi connectivity index (χ3v) is 10.2. The maximum absolute atomic E-state index is 13.4. The van der Waals surface area contributed by atoms with E-state index in [1.54, 1.807) is 55.5 Å². The van der Waals surface area contributed by atoms with Gasteiger partial charge in [-0.15, -0.1) is 0 Å². The summed E-state index contributed by atoms with van der Waals surface area (Å²) in [5, 5.41) is 57.8. The number of amides is 2. The van der Waals surface area contributed by atoms with Crippen LogP contribution in [-0.2, 0) is 28.6 Å². The van der Waals surface area contributed by atoms with Gasteiger partial charge >= 0.3 is 5.97 Å². The molecule has 2 rings (SSSR count). The molecular weight excluding hydrogens is 612 g/mol. The lowest BCUT2D eigenvalue weighted by atomic mass is 9.78. The second-order valence-electron chi connectivity index (χ2n) is 15.0. The minimum absolute atomic E-state index is 0.141. The lowest BCUT2D eigenvalue weighted by molar-refractivity contribution is -0.298. The van der Waals surface area contributed by atoms with Gasteiger partial charge < -0.3 is 44.6 Å². The molecule has 2 aliphatic rings. The normalized spacial score (nSPS) is 43.5. The number of aliphatic hydroxyl groups excluding tert-OH is 3. The average molecular weight is 675 g/mol. The van der Waals surface area contributed by atoms with Crippen LogP contribution < -0.4 is 0 Å². The third kappa shape index (κ3) is 9.50. The van der Waals surface area contributed by atoms with Gasteiger partial charge in [-0.2, -0.15) is 0 Å². The van der Waals surface area contributed by atoms with Gasteiger partial charge in [-0.1, -0.05) is 34.6 Å². The molecule has 0 aromatic carbocycles. The van der Waals surface area contributed by atoms with Crippen molar-refractivity contribution in [2.45, 2.75) is 162 Å². The summed E-state index contributed by atoms with van der Waals surface area (Å²) in [4.78, 5) is 42.0. The lowest BCUT2D eigenvalue weighted by Crippen LogP contribution is -2.62. The van der Waals surface area contributed by atoms with Gasteiger partial charge in [0.15, 0.2) is 6.29 Å². The Bertz CT molecular complexity index is 1070. The molecule has 2 fully saturated rings. The molecule has 47 heavy (non-hydrogen) atoms. The summed E-state index contributed by atoms with van der Waals surface area (Å²) in [5.41, 5.74) is -3.46. The number of ether oxygens (including phenoxy) is 3. The maximum atomic E-state index is 13.4. The van der Waals surface area contributed by atoms with Gasteiger partial charge in [0.05, 0.1) is 35.9 Å². The van der Waals surface area contributed by atoms with Crippen molar-refractivity contribution in [2.24, 2.45) is 23.7 Å². The van der Waals surface area contributed by atoms with Gasteiger partial charge in [0.25, 0.3) is 0 Å². The van der Waals surface area contributed by atoms with Gasteiger partial charge in [-0.3, -0.25) is 19.3 Å². The van der Waals surface area contributed by atoms with Gasteiger partial charge in [-0.05, 0) is 66.8 Å². The van der Waals surface area contributed by atoms with E-state index >= 15 is 0 Å². The molecule has 2 heterocycles. The van der Waals surface area contributed by atoms with Gasteiger partial charge in [-0.25, -0.2) is 0 Å². The number of likely N-dealkylation sites (N-methyl/N-ethyl adjacent to an activating group) is 1. The fourth-order valence-electron chi connectivity index (χ4n) is 7.31. The van der Waals surface area contributed by atoms with Crippen molar-refractivity contribution >= 4 is 17.8 Å². The second kappa shape index (κ2) is 16.3. The molecule has 2 aliphatic heterocycles. The molecule has 274 valence electrons. The number of hydrogen-bond donors (Lipinski definition) is 5. The molecule has 13 nitrogen and oxygen atoms in total. The summed E-state index contributed by atoms with van der Waals surface area (Å²) < 4.78 is 18.1. The van der Waals surface area contributed by atoms with E-state index in [0.29, 0.717) is 6.54 Å². The molecule has 0 saturated carbocycles. The smallest absolute Gasteiger partial charge is 0.311 e. The average Bonchev–Trinajstić information content (AvgIpc) is 2.97. The van der Waals surface area contributed by atoms with Gasteiger partial charge in [0.1, 0.15) is 23.9 Å². The van der Waals surface area contributed by atoms with Crippen LogP contribution in [0.2, 0.25) is 0 Å². The SMILES string of the molecule is CC[C@H]1OC(=O)[C@H](C)[C@@H](O)[C@H](C)[C@@H](O[C@@H]2O[C@H](C)C[C@H](N(C(C)=O)C(=O)C(C)C)[C@H]2O)[C@](C)(O)C[C@@H](C)CN(C)[C@H](C)[C@@H](O)[C@]1(C)O. The number of carbonyl (C=O) groups is 3. The van der Waals surface area contributed by atoms with Crippen LogP contribution in [-0.4, -0.2) is 133 Å². The second-order valence-corrected chi connectivity index (χ2v) is 15.0. The van der Waals surface area contributed by atoms with Crippen LogP contribution >= 0.6 is 0 Å². The highest BCUT2D eigenvalue weighted by atomic mass is 16.7. The van der Waals surface area contributed by atoms with E-state index < -0.39 is 102 Å². The molecule has 0 aromatic heterocycles. The molecule has 0 aromatic rings. The number of nitrogens with zero attached hydrogens (tertiary/aromatic N) is 2. The van der Waals surface area contributed by atoms with Crippen molar-refractivity contribution in [3.63, 3.8) is 0 Å². The van der Waals surface area contributed by atoms with Crippen molar-refractivity contribution in [2.75, 3.05) is 13.6 Å². The fraction of sp³-hybridized carbons (Fsp3) is 0.912. The van der Waals surface area contributed by atoms with Crippen LogP contribution in [0.4, 0.5) is 0 Å². The van der Waals surface area contributed by atoms with E-state index in [0.717, 1.165) is 4.90 Å². The molecular formula is C34H62N2O11. The predicted octanol–water partition coefficient (Wildman–Crippen LogP) is 1.45. The van der Waals surface area contributed by atoms with Crippen molar-refractivity contribution in [3.8, 4) is 0 Å². The van der Waals surface area contributed by atoms with E-state index in [1.165, 1.54) is 20.8 Å². The first-order valence-corrected chi connectivity index (χ1v) is 17.0. The Morgan fingerprint density at radius 1 is 1.06 bits per heavy atom. The van der Waals surface area contributed by atoms with Crippen molar-refractivity contribution in [3.05, 3.63) is 0 Å². The summed E-state index contributed by atoms with van der Waals surface area (Å²) in [5.74, 6) is -4.57. The Morgan fingerprint density at radius 2 is 1.64 bits per heavy atom. The van der Waals surface area contributed by atoms with E-state index in [9.17, 15) is 39.9 Å². The molecule has 0 radical (unpaired) electrons. The minimum Gasteiger partial charge on any atom is -0.459 e. The predicted molar refractivity (Wildman–Crippen MR) is 174 cm³/mol. The number of cyclic esters (lactones) is 1. The molecule has 0 spiro atoms. The van der Waals surface area contributed by atoms with Crippen molar-refractivity contribution < 1.29 is 54.1 Å². The van der Waals surface area contributed by atoms with E-state index in [1.807, 2.05) is 11.8 Å². The van der Waals surface area contributed by atoms with Gasteiger partial charge in [0, 0.05) is 31.3 Å². The number of aliphatic hydroxyl groups is 5.